The van der Waals surface area contributed by atoms with E-state index < -0.39 is 15.9 Å². The van der Waals surface area contributed by atoms with Gasteiger partial charge in [-0.3, -0.25) is 5.32 Å². The van der Waals surface area contributed by atoms with Gasteiger partial charge in [0.05, 0.1) is 21.6 Å². The summed E-state index contributed by atoms with van der Waals surface area (Å²) in [6.45, 7) is 2.03. The number of carbonyl (C=O) groups is 1. The number of aryl methyl sites for hydroxylation is 1. The highest BCUT2D eigenvalue weighted by Gasteiger charge is 2.30. The van der Waals surface area contributed by atoms with Crippen LogP contribution in [0.1, 0.15) is 23.6 Å². The number of anilines is 1. The van der Waals surface area contributed by atoms with Crippen LogP contribution < -0.4 is 10.6 Å². The predicted octanol–water partition coefficient (Wildman–Crippen LogP) is 4.16. The van der Waals surface area contributed by atoms with E-state index in [-0.39, 0.29) is 11.8 Å². The summed E-state index contributed by atoms with van der Waals surface area (Å²) in [6, 6.07) is 14.1. The maximum atomic E-state index is 12.5. The molecule has 0 fully saturated rings. The summed E-state index contributed by atoms with van der Waals surface area (Å²) >= 11 is 1.40. The van der Waals surface area contributed by atoms with Crippen LogP contribution in [0.25, 0.3) is 10.4 Å². The Bertz CT molecular complexity index is 1140. The van der Waals surface area contributed by atoms with Crippen LogP contribution in [-0.4, -0.2) is 25.2 Å². The van der Waals surface area contributed by atoms with Gasteiger partial charge < -0.3 is 5.32 Å². The number of urea groups is 1. The number of amides is 2. The van der Waals surface area contributed by atoms with E-state index in [4.69, 9.17) is 0 Å². The van der Waals surface area contributed by atoms with E-state index >= 15 is 0 Å². The van der Waals surface area contributed by atoms with Gasteiger partial charge in [-0.25, -0.2) is 18.2 Å². The van der Waals surface area contributed by atoms with Gasteiger partial charge in [0.25, 0.3) is 0 Å². The molecule has 1 aromatic heterocycles. The molecular weight excluding hydrogens is 394 g/mol. The van der Waals surface area contributed by atoms with Gasteiger partial charge in [0.1, 0.15) is 0 Å². The maximum Gasteiger partial charge on any atom is 0.321 e. The maximum absolute atomic E-state index is 12.5. The molecule has 6 nitrogen and oxygen atoms in total. The van der Waals surface area contributed by atoms with Crippen molar-refractivity contribution in [2.75, 3.05) is 11.1 Å². The monoisotopic (exact) mass is 413 g/mol. The molecule has 28 heavy (non-hydrogen) atoms. The zero-order valence-electron chi connectivity index (χ0n) is 15.2. The molecule has 2 N–H and O–H groups in total. The molecule has 0 spiro atoms. The lowest BCUT2D eigenvalue weighted by Crippen LogP contribution is -2.36. The number of thiazole rings is 1. The molecule has 3 aromatic rings. The molecule has 1 aliphatic rings. The molecule has 2 heterocycles. The van der Waals surface area contributed by atoms with Crippen molar-refractivity contribution in [1.82, 2.24) is 10.3 Å². The zero-order valence-corrected chi connectivity index (χ0v) is 16.8. The second-order valence-corrected chi connectivity index (χ2v) is 9.75. The number of sulfone groups is 1. The van der Waals surface area contributed by atoms with Crippen LogP contribution in [0, 0.1) is 6.92 Å². The molecule has 0 saturated heterocycles. The van der Waals surface area contributed by atoms with Gasteiger partial charge in [-0.05, 0) is 36.1 Å². The number of benzene rings is 2. The number of rotatable bonds is 3. The summed E-state index contributed by atoms with van der Waals surface area (Å²) in [5.74, 6) is 0.0175. The first kappa shape index (κ1) is 18.6. The minimum absolute atomic E-state index is 0.0175. The third-order valence-electron chi connectivity index (χ3n) is 4.75. The molecule has 1 unspecified atom stereocenters. The number of hydrogen-bond acceptors (Lipinski definition) is 5. The fraction of sp³-hybridized carbons (Fsp3) is 0.200. The number of aromatic nitrogens is 1. The van der Waals surface area contributed by atoms with E-state index in [0.29, 0.717) is 22.0 Å². The highest BCUT2D eigenvalue weighted by Crippen LogP contribution is 2.33. The lowest BCUT2D eigenvalue weighted by Gasteiger charge is -2.26. The number of hydrogen-bond donors (Lipinski definition) is 2. The lowest BCUT2D eigenvalue weighted by atomic mass is 10.0. The second kappa shape index (κ2) is 7.37. The second-order valence-electron chi connectivity index (χ2n) is 6.64. The summed E-state index contributed by atoms with van der Waals surface area (Å²) < 4.78 is 24.4. The van der Waals surface area contributed by atoms with Crippen molar-refractivity contribution in [1.29, 1.82) is 0 Å². The highest BCUT2D eigenvalue weighted by molar-refractivity contribution is 7.91. The quantitative estimate of drug-likeness (QED) is 0.675. The van der Waals surface area contributed by atoms with Crippen molar-refractivity contribution in [3.63, 3.8) is 0 Å². The van der Waals surface area contributed by atoms with E-state index in [1.165, 1.54) is 11.3 Å². The standard InChI is InChI=1S/C20H19N3O3S2/c1-13-6-2-3-7-14(13)17-12-21-20(27-17)23-19(24)22-16-10-11-28(25,26)18-9-5-4-8-15(16)18/h2-9,12,16H,10-11H2,1H3,(H2,21,22,23,24). The third-order valence-corrected chi connectivity index (χ3v) is 7.51. The first-order chi connectivity index (χ1) is 13.4. The third kappa shape index (κ3) is 3.65. The van der Waals surface area contributed by atoms with Crippen LogP contribution >= 0.6 is 11.3 Å². The summed E-state index contributed by atoms with van der Waals surface area (Å²) in [5.41, 5.74) is 2.85. The average Bonchev–Trinajstić information content (AvgIpc) is 3.13. The first-order valence-electron chi connectivity index (χ1n) is 8.85. The van der Waals surface area contributed by atoms with Crippen molar-refractivity contribution in [2.45, 2.75) is 24.3 Å². The Morgan fingerprint density at radius 3 is 2.71 bits per heavy atom. The minimum Gasteiger partial charge on any atom is -0.331 e. The topological polar surface area (TPSA) is 88.2 Å². The van der Waals surface area contributed by atoms with Gasteiger partial charge in [0, 0.05) is 6.20 Å². The van der Waals surface area contributed by atoms with Gasteiger partial charge in [0.2, 0.25) is 0 Å². The summed E-state index contributed by atoms with van der Waals surface area (Å²) in [5, 5.41) is 6.13. The van der Waals surface area contributed by atoms with Crippen LogP contribution in [0.15, 0.2) is 59.6 Å². The van der Waals surface area contributed by atoms with Gasteiger partial charge in [0.15, 0.2) is 15.0 Å². The minimum atomic E-state index is -3.28. The Balaban J connectivity index is 1.48. The molecule has 0 saturated carbocycles. The number of fused-ring (bicyclic) bond motifs is 1. The van der Waals surface area contributed by atoms with Crippen molar-refractivity contribution < 1.29 is 13.2 Å². The molecule has 144 valence electrons. The summed E-state index contributed by atoms with van der Waals surface area (Å²) in [4.78, 5) is 18.0. The van der Waals surface area contributed by atoms with Crippen molar-refractivity contribution in [3.05, 3.63) is 65.9 Å². The molecule has 0 radical (unpaired) electrons. The Kier molecular flexibility index (Phi) is 4.91. The molecule has 0 bridgehead atoms. The first-order valence-corrected chi connectivity index (χ1v) is 11.3. The van der Waals surface area contributed by atoms with Crippen LogP contribution in [-0.2, 0) is 9.84 Å². The van der Waals surface area contributed by atoms with Gasteiger partial charge >= 0.3 is 6.03 Å². The SMILES string of the molecule is Cc1ccccc1-c1cnc(NC(=O)NC2CCS(=O)(=O)c3ccccc32)s1. The largest absolute Gasteiger partial charge is 0.331 e. The normalized spacial score (nSPS) is 17.5. The van der Waals surface area contributed by atoms with Gasteiger partial charge in [-0.1, -0.05) is 53.8 Å². The zero-order chi connectivity index (χ0) is 19.7. The van der Waals surface area contributed by atoms with Crippen molar-refractivity contribution >= 4 is 32.3 Å². The molecule has 8 heteroatoms. The van der Waals surface area contributed by atoms with E-state index in [0.717, 1.165) is 16.0 Å². The molecule has 0 aliphatic carbocycles. The molecule has 2 aromatic carbocycles. The van der Waals surface area contributed by atoms with Crippen LogP contribution in [0.5, 0.6) is 0 Å². The fourth-order valence-corrected chi connectivity index (χ4v) is 5.86. The number of nitrogens with zero attached hydrogens (tertiary/aromatic N) is 1. The molecular formula is C20H19N3O3S2. The number of carbonyl (C=O) groups excluding carboxylic acids is 1. The molecule has 4 rings (SSSR count). The van der Waals surface area contributed by atoms with Crippen LogP contribution in [0.4, 0.5) is 9.93 Å². The van der Waals surface area contributed by atoms with Crippen LogP contribution in [0.3, 0.4) is 0 Å². The smallest absolute Gasteiger partial charge is 0.321 e. The number of nitrogens with one attached hydrogen (secondary N) is 2. The molecule has 1 atom stereocenters. The Morgan fingerprint density at radius 2 is 1.89 bits per heavy atom. The van der Waals surface area contributed by atoms with Crippen molar-refractivity contribution in [3.8, 4) is 10.4 Å². The van der Waals surface area contributed by atoms with Gasteiger partial charge in [-0.15, -0.1) is 0 Å². The lowest BCUT2D eigenvalue weighted by molar-refractivity contribution is 0.248. The Morgan fingerprint density at radius 1 is 1.14 bits per heavy atom. The molecule has 1 aliphatic heterocycles. The van der Waals surface area contributed by atoms with E-state index in [1.54, 1.807) is 30.5 Å². The average molecular weight is 414 g/mol. The predicted molar refractivity (Wildman–Crippen MR) is 110 cm³/mol. The summed E-state index contributed by atoms with van der Waals surface area (Å²) in [7, 11) is -3.28. The van der Waals surface area contributed by atoms with Crippen LogP contribution in [0.2, 0.25) is 0 Å². The van der Waals surface area contributed by atoms with E-state index in [1.807, 2.05) is 31.2 Å². The van der Waals surface area contributed by atoms with E-state index in [9.17, 15) is 13.2 Å². The molecule has 2 amide bonds. The Labute approximate surface area is 167 Å². The highest BCUT2D eigenvalue weighted by atomic mass is 32.2. The Hall–Kier alpha value is -2.71. The van der Waals surface area contributed by atoms with E-state index in [2.05, 4.69) is 15.6 Å². The van der Waals surface area contributed by atoms with Gasteiger partial charge in [-0.2, -0.15) is 0 Å². The fourth-order valence-electron chi connectivity index (χ4n) is 3.34. The van der Waals surface area contributed by atoms with Crippen molar-refractivity contribution in [2.24, 2.45) is 0 Å². The summed E-state index contributed by atoms with van der Waals surface area (Å²) in [6.07, 6.45) is 2.09.